The maximum atomic E-state index is 12.1. The Morgan fingerprint density at radius 3 is 2.60 bits per heavy atom. The Morgan fingerprint density at radius 1 is 1.16 bits per heavy atom. The van der Waals surface area contributed by atoms with Crippen molar-refractivity contribution in [1.29, 1.82) is 0 Å². The van der Waals surface area contributed by atoms with Crippen LogP contribution < -0.4 is 15.5 Å². The predicted molar refractivity (Wildman–Crippen MR) is 99.7 cm³/mol. The molecule has 0 radical (unpaired) electrons. The summed E-state index contributed by atoms with van der Waals surface area (Å²) in [5.74, 6) is 0.880. The first-order chi connectivity index (χ1) is 12.2. The van der Waals surface area contributed by atoms with Crippen LogP contribution in [0.2, 0.25) is 0 Å². The summed E-state index contributed by atoms with van der Waals surface area (Å²) in [4.78, 5) is 22.9. The van der Waals surface area contributed by atoms with Crippen LogP contribution in [0.15, 0.2) is 42.7 Å². The minimum Gasteiger partial charge on any atom is -0.384 e. The molecular weight excluding hydrogens is 314 g/mol. The Hall–Kier alpha value is -2.63. The van der Waals surface area contributed by atoms with Crippen LogP contribution in [0, 0.1) is 6.92 Å². The van der Waals surface area contributed by atoms with Gasteiger partial charge in [0.25, 0.3) is 0 Å². The minimum absolute atomic E-state index is 0.107. The zero-order valence-electron chi connectivity index (χ0n) is 14.6. The number of rotatable bonds is 6. The topological polar surface area (TPSA) is 70.2 Å². The van der Waals surface area contributed by atoms with E-state index in [1.807, 2.05) is 24.3 Å². The molecule has 1 aliphatic rings. The number of nitrogens with zero attached hydrogens (tertiary/aromatic N) is 3. The van der Waals surface area contributed by atoms with E-state index in [1.54, 1.807) is 12.4 Å². The molecule has 0 saturated carbocycles. The third-order valence-corrected chi connectivity index (χ3v) is 4.51. The molecule has 0 spiro atoms. The highest BCUT2D eigenvalue weighted by Crippen LogP contribution is 2.16. The molecule has 6 nitrogen and oxygen atoms in total. The van der Waals surface area contributed by atoms with E-state index < -0.39 is 0 Å². The fraction of sp³-hybridized carbons (Fsp3) is 0.421. The van der Waals surface area contributed by atoms with Gasteiger partial charge in [0.1, 0.15) is 0 Å². The minimum atomic E-state index is 0.107. The van der Waals surface area contributed by atoms with Gasteiger partial charge in [0.15, 0.2) is 0 Å². The van der Waals surface area contributed by atoms with E-state index in [-0.39, 0.29) is 11.9 Å². The molecule has 0 bridgehead atoms. The summed E-state index contributed by atoms with van der Waals surface area (Å²) in [5.41, 5.74) is 2.28. The van der Waals surface area contributed by atoms with Gasteiger partial charge in [-0.25, -0.2) is 9.97 Å². The second-order valence-electron chi connectivity index (χ2n) is 6.37. The standard InChI is InChI=1S/C19H25N5O/c1-15-5-2-3-6-17(15)20-12-7-18(25)23-16-8-13-24(14-9-16)19-21-10-4-11-22-19/h2-6,10-11,16,20H,7-9,12-14H2,1H3,(H,23,25). The van der Waals surface area contributed by atoms with Crippen molar-refractivity contribution in [2.24, 2.45) is 0 Å². The number of anilines is 2. The van der Waals surface area contributed by atoms with Gasteiger partial charge in [0, 0.05) is 50.2 Å². The van der Waals surface area contributed by atoms with Crippen molar-refractivity contribution in [3.05, 3.63) is 48.3 Å². The lowest BCUT2D eigenvalue weighted by Crippen LogP contribution is -2.45. The van der Waals surface area contributed by atoms with Gasteiger partial charge in [0.05, 0.1) is 0 Å². The Kier molecular flexibility index (Phi) is 5.82. The first kappa shape index (κ1) is 17.2. The Balaban J connectivity index is 1.37. The fourth-order valence-electron chi connectivity index (χ4n) is 3.06. The van der Waals surface area contributed by atoms with Crippen LogP contribution >= 0.6 is 0 Å². The molecular formula is C19H25N5O. The number of hydrogen-bond donors (Lipinski definition) is 2. The van der Waals surface area contributed by atoms with Crippen molar-refractivity contribution in [2.45, 2.75) is 32.2 Å². The summed E-state index contributed by atoms with van der Waals surface area (Å²) >= 11 is 0. The molecule has 0 unspecified atom stereocenters. The quantitative estimate of drug-likeness (QED) is 0.845. The Labute approximate surface area is 148 Å². The Bertz CT molecular complexity index is 683. The summed E-state index contributed by atoms with van der Waals surface area (Å²) < 4.78 is 0. The molecule has 1 aromatic heterocycles. The summed E-state index contributed by atoms with van der Waals surface area (Å²) in [6.45, 7) is 4.45. The molecule has 6 heteroatoms. The molecule has 2 heterocycles. The molecule has 25 heavy (non-hydrogen) atoms. The fourth-order valence-corrected chi connectivity index (χ4v) is 3.06. The number of benzene rings is 1. The van der Waals surface area contributed by atoms with Crippen molar-refractivity contribution in [3.8, 4) is 0 Å². The first-order valence-corrected chi connectivity index (χ1v) is 8.83. The highest BCUT2D eigenvalue weighted by atomic mass is 16.1. The number of aromatic nitrogens is 2. The van der Waals surface area contributed by atoms with E-state index in [9.17, 15) is 4.79 Å². The van der Waals surface area contributed by atoms with Crippen molar-refractivity contribution in [3.63, 3.8) is 0 Å². The van der Waals surface area contributed by atoms with Crippen LogP contribution in [0.1, 0.15) is 24.8 Å². The average molecular weight is 339 g/mol. The van der Waals surface area contributed by atoms with Crippen molar-refractivity contribution >= 4 is 17.5 Å². The van der Waals surface area contributed by atoms with Crippen molar-refractivity contribution in [1.82, 2.24) is 15.3 Å². The number of para-hydroxylation sites is 1. The molecule has 0 aliphatic carbocycles. The molecule has 1 aliphatic heterocycles. The van der Waals surface area contributed by atoms with Crippen LogP contribution in [0.4, 0.5) is 11.6 Å². The third kappa shape index (κ3) is 4.92. The van der Waals surface area contributed by atoms with Crippen LogP contribution in [0.3, 0.4) is 0 Å². The van der Waals surface area contributed by atoms with E-state index in [1.165, 1.54) is 5.56 Å². The van der Waals surface area contributed by atoms with Gasteiger partial charge in [-0.1, -0.05) is 18.2 Å². The molecule has 132 valence electrons. The van der Waals surface area contributed by atoms with E-state index >= 15 is 0 Å². The van der Waals surface area contributed by atoms with E-state index in [0.717, 1.165) is 37.6 Å². The molecule has 2 N–H and O–H groups in total. The number of aryl methyl sites for hydroxylation is 1. The lowest BCUT2D eigenvalue weighted by molar-refractivity contribution is -0.121. The second-order valence-corrected chi connectivity index (χ2v) is 6.37. The molecule has 1 aromatic carbocycles. The number of nitrogens with one attached hydrogen (secondary N) is 2. The summed E-state index contributed by atoms with van der Waals surface area (Å²) in [5, 5.41) is 6.47. The molecule has 1 fully saturated rings. The monoisotopic (exact) mass is 339 g/mol. The van der Waals surface area contributed by atoms with Crippen LogP contribution in [0.5, 0.6) is 0 Å². The highest BCUT2D eigenvalue weighted by Gasteiger charge is 2.21. The normalized spacial score (nSPS) is 15.0. The van der Waals surface area contributed by atoms with Gasteiger partial charge in [-0.3, -0.25) is 4.79 Å². The van der Waals surface area contributed by atoms with E-state index in [4.69, 9.17) is 0 Å². The van der Waals surface area contributed by atoms with Crippen molar-refractivity contribution in [2.75, 3.05) is 29.9 Å². The van der Waals surface area contributed by atoms with Gasteiger partial charge in [-0.2, -0.15) is 0 Å². The SMILES string of the molecule is Cc1ccccc1NCCC(=O)NC1CCN(c2ncccn2)CC1. The van der Waals surface area contributed by atoms with Crippen molar-refractivity contribution < 1.29 is 4.79 Å². The third-order valence-electron chi connectivity index (χ3n) is 4.51. The molecule has 0 atom stereocenters. The second kappa shape index (κ2) is 8.46. The van der Waals surface area contributed by atoms with Gasteiger partial charge >= 0.3 is 0 Å². The molecule has 2 aromatic rings. The van der Waals surface area contributed by atoms with Gasteiger partial charge in [-0.05, 0) is 37.5 Å². The molecule has 1 amide bonds. The van der Waals surface area contributed by atoms with Gasteiger partial charge in [-0.15, -0.1) is 0 Å². The van der Waals surface area contributed by atoms with Crippen LogP contribution in [0.25, 0.3) is 0 Å². The zero-order chi connectivity index (χ0) is 17.5. The lowest BCUT2D eigenvalue weighted by atomic mass is 10.1. The summed E-state index contributed by atoms with van der Waals surface area (Å²) in [6, 6.07) is 10.2. The maximum Gasteiger partial charge on any atom is 0.225 e. The van der Waals surface area contributed by atoms with Crippen LogP contribution in [-0.4, -0.2) is 41.6 Å². The maximum absolute atomic E-state index is 12.1. The largest absolute Gasteiger partial charge is 0.384 e. The van der Waals surface area contributed by atoms with E-state index in [2.05, 4.69) is 38.5 Å². The van der Waals surface area contributed by atoms with Crippen LogP contribution in [-0.2, 0) is 4.79 Å². The molecule has 1 saturated heterocycles. The number of carbonyl (C=O) groups is 1. The zero-order valence-corrected chi connectivity index (χ0v) is 14.6. The van der Waals surface area contributed by atoms with Gasteiger partial charge < -0.3 is 15.5 Å². The summed E-state index contributed by atoms with van der Waals surface area (Å²) in [6.07, 6.45) is 5.86. The molecule has 3 rings (SSSR count). The number of carbonyl (C=O) groups excluding carboxylic acids is 1. The summed E-state index contributed by atoms with van der Waals surface area (Å²) in [7, 11) is 0. The Morgan fingerprint density at radius 2 is 1.88 bits per heavy atom. The number of piperidine rings is 1. The number of hydrogen-bond acceptors (Lipinski definition) is 5. The number of amides is 1. The lowest BCUT2D eigenvalue weighted by Gasteiger charge is -2.32. The van der Waals surface area contributed by atoms with Gasteiger partial charge in [0.2, 0.25) is 11.9 Å². The van der Waals surface area contributed by atoms with E-state index in [0.29, 0.717) is 13.0 Å². The first-order valence-electron chi connectivity index (χ1n) is 8.83. The average Bonchev–Trinajstić information content (AvgIpc) is 2.65. The highest BCUT2D eigenvalue weighted by molar-refractivity contribution is 5.76. The predicted octanol–water partition coefficient (Wildman–Crippen LogP) is 2.37. The smallest absolute Gasteiger partial charge is 0.225 e.